The maximum atomic E-state index is 12.5. The van der Waals surface area contributed by atoms with Gasteiger partial charge in [-0.05, 0) is 61.1 Å². The Bertz CT molecular complexity index is 909. The highest BCUT2D eigenvalue weighted by molar-refractivity contribution is 6.39. The second-order valence-electron chi connectivity index (χ2n) is 6.53. The van der Waals surface area contributed by atoms with Gasteiger partial charge in [0, 0.05) is 0 Å². The van der Waals surface area contributed by atoms with Crippen molar-refractivity contribution in [2.75, 3.05) is 11.4 Å². The molecule has 140 valence electrons. The predicted molar refractivity (Wildman–Crippen MR) is 99.2 cm³/mol. The zero-order chi connectivity index (χ0) is 19.6. The molecule has 0 saturated carbocycles. The van der Waals surface area contributed by atoms with Crippen LogP contribution in [0.15, 0.2) is 42.5 Å². The highest BCUT2D eigenvalue weighted by Gasteiger charge is 2.31. The molecule has 0 heterocycles. The summed E-state index contributed by atoms with van der Waals surface area (Å²) in [6.45, 7) is 0.559. The summed E-state index contributed by atoms with van der Waals surface area (Å²) in [5, 5.41) is 18.8. The van der Waals surface area contributed by atoms with Crippen molar-refractivity contribution < 1.29 is 24.6 Å². The van der Waals surface area contributed by atoms with E-state index in [4.69, 9.17) is 5.73 Å². The molecule has 0 fully saturated rings. The van der Waals surface area contributed by atoms with E-state index < -0.39 is 17.8 Å². The molecular formula is C20H20N2O5. The van der Waals surface area contributed by atoms with Gasteiger partial charge in [-0.2, -0.15) is 0 Å². The third-order valence-electron chi connectivity index (χ3n) is 4.90. The first-order valence-corrected chi connectivity index (χ1v) is 8.64. The molecule has 3 rings (SSSR count). The van der Waals surface area contributed by atoms with Gasteiger partial charge in [-0.15, -0.1) is 0 Å². The van der Waals surface area contributed by atoms with Gasteiger partial charge in [-0.1, -0.05) is 24.3 Å². The molecule has 1 aliphatic rings. The second kappa shape index (κ2) is 7.59. The van der Waals surface area contributed by atoms with E-state index in [2.05, 4.69) is 0 Å². The number of carboxylic acid groups (broad SMARTS) is 2. The van der Waals surface area contributed by atoms with Gasteiger partial charge in [0.05, 0.1) is 16.9 Å². The summed E-state index contributed by atoms with van der Waals surface area (Å²) in [6, 6.07) is 11.2. The van der Waals surface area contributed by atoms with Gasteiger partial charge in [-0.25, -0.2) is 9.59 Å². The van der Waals surface area contributed by atoms with Gasteiger partial charge >= 0.3 is 17.8 Å². The van der Waals surface area contributed by atoms with E-state index in [-0.39, 0.29) is 11.3 Å². The predicted octanol–water partition coefficient (Wildman–Crippen LogP) is 2.20. The van der Waals surface area contributed by atoms with E-state index in [1.807, 2.05) is 6.07 Å². The van der Waals surface area contributed by atoms with Gasteiger partial charge in [0.2, 0.25) is 0 Å². The minimum absolute atomic E-state index is 0.0340. The lowest BCUT2D eigenvalue weighted by Crippen LogP contribution is -2.35. The molecule has 27 heavy (non-hydrogen) atoms. The van der Waals surface area contributed by atoms with E-state index in [0.29, 0.717) is 24.6 Å². The van der Waals surface area contributed by atoms with Crippen LogP contribution in [-0.4, -0.2) is 34.6 Å². The number of carboxylic acids is 2. The Balaban J connectivity index is 2.19. The lowest BCUT2D eigenvalue weighted by molar-refractivity contribution is -0.148. The summed E-state index contributed by atoms with van der Waals surface area (Å²) >= 11 is 0. The highest BCUT2D eigenvalue weighted by Crippen LogP contribution is 2.37. The summed E-state index contributed by atoms with van der Waals surface area (Å²) in [6.07, 6.45) is 2.22. The normalized spacial score (nSPS) is 15.7. The number of rotatable bonds is 4. The zero-order valence-electron chi connectivity index (χ0n) is 14.6. The average molecular weight is 368 g/mol. The number of carbonyl (C=O) groups excluding carboxylic acids is 1. The Morgan fingerprint density at radius 1 is 1.04 bits per heavy atom. The summed E-state index contributed by atoms with van der Waals surface area (Å²) < 4.78 is 0. The van der Waals surface area contributed by atoms with E-state index in [1.54, 1.807) is 18.2 Å². The molecule has 1 aliphatic carbocycles. The van der Waals surface area contributed by atoms with Gasteiger partial charge < -0.3 is 15.9 Å². The van der Waals surface area contributed by atoms with Crippen LogP contribution in [-0.2, 0) is 22.4 Å². The fourth-order valence-electron chi connectivity index (χ4n) is 3.57. The number of carbonyl (C=O) groups is 3. The molecule has 0 aliphatic heterocycles. The number of benzene rings is 2. The largest absolute Gasteiger partial charge is 0.478 e. The van der Waals surface area contributed by atoms with Crippen molar-refractivity contribution in [3.8, 4) is 0 Å². The minimum atomic E-state index is -1.65. The summed E-state index contributed by atoms with van der Waals surface area (Å²) in [4.78, 5) is 36.6. The Morgan fingerprint density at radius 3 is 2.41 bits per heavy atom. The average Bonchev–Trinajstić information content (AvgIpc) is 2.68. The van der Waals surface area contributed by atoms with Crippen molar-refractivity contribution in [2.45, 2.75) is 19.3 Å². The zero-order valence-corrected chi connectivity index (χ0v) is 14.6. The number of aliphatic carboxylic acids is 1. The SMILES string of the molecule is NCC1CCc2c(cccc2N(C(=O)C(=O)O)c2ccccc2C(=O)O)C1. The molecule has 7 heteroatoms. The molecule has 2 aromatic rings. The molecule has 1 amide bonds. The topological polar surface area (TPSA) is 121 Å². The van der Waals surface area contributed by atoms with Gasteiger partial charge in [0.15, 0.2) is 0 Å². The number of hydrogen-bond acceptors (Lipinski definition) is 4. The maximum absolute atomic E-state index is 12.5. The quantitative estimate of drug-likeness (QED) is 0.712. The second-order valence-corrected chi connectivity index (χ2v) is 6.53. The van der Waals surface area contributed by atoms with Crippen LogP contribution in [0, 0.1) is 5.92 Å². The molecule has 1 unspecified atom stereocenters. The van der Waals surface area contributed by atoms with Crippen molar-refractivity contribution in [1.29, 1.82) is 0 Å². The minimum Gasteiger partial charge on any atom is -0.478 e. The lowest BCUT2D eigenvalue weighted by Gasteiger charge is -2.30. The third-order valence-corrected chi connectivity index (χ3v) is 4.90. The number of hydrogen-bond donors (Lipinski definition) is 3. The van der Waals surface area contributed by atoms with Gasteiger partial charge in [0.25, 0.3) is 0 Å². The number of amides is 1. The fraction of sp³-hybridized carbons (Fsp3) is 0.250. The van der Waals surface area contributed by atoms with Gasteiger partial charge in [0.1, 0.15) is 0 Å². The van der Waals surface area contributed by atoms with Crippen LogP contribution in [0.4, 0.5) is 11.4 Å². The van der Waals surface area contributed by atoms with Crippen LogP contribution in [0.1, 0.15) is 27.9 Å². The van der Waals surface area contributed by atoms with Crippen molar-refractivity contribution in [3.63, 3.8) is 0 Å². The molecule has 2 aromatic carbocycles. The van der Waals surface area contributed by atoms with Crippen LogP contribution in [0.2, 0.25) is 0 Å². The Hall–Kier alpha value is -3.19. The first-order valence-electron chi connectivity index (χ1n) is 8.64. The summed E-state index contributed by atoms with van der Waals surface area (Å²) in [7, 11) is 0. The molecular weight excluding hydrogens is 348 g/mol. The molecule has 1 atom stereocenters. The van der Waals surface area contributed by atoms with Crippen LogP contribution in [0.5, 0.6) is 0 Å². The third kappa shape index (κ3) is 3.54. The molecule has 0 saturated heterocycles. The van der Waals surface area contributed by atoms with Crippen molar-refractivity contribution >= 4 is 29.2 Å². The van der Waals surface area contributed by atoms with E-state index in [9.17, 15) is 24.6 Å². The van der Waals surface area contributed by atoms with Gasteiger partial charge in [-0.3, -0.25) is 9.69 Å². The highest BCUT2D eigenvalue weighted by atomic mass is 16.4. The van der Waals surface area contributed by atoms with Crippen LogP contribution in [0.25, 0.3) is 0 Å². The smallest absolute Gasteiger partial charge is 0.395 e. The number of anilines is 2. The first-order chi connectivity index (χ1) is 12.9. The summed E-state index contributed by atoms with van der Waals surface area (Å²) in [5.74, 6) is -3.74. The molecule has 7 nitrogen and oxygen atoms in total. The van der Waals surface area contributed by atoms with Crippen molar-refractivity contribution in [2.24, 2.45) is 11.7 Å². The number of fused-ring (bicyclic) bond motifs is 1. The van der Waals surface area contributed by atoms with Crippen LogP contribution < -0.4 is 10.6 Å². The monoisotopic (exact) mass is 368 g/mol. The van der Waals surface area contributed by atoms with Crippen LogP contribution in [0.3, 0.4) is 0 Å². The molecule has 0 radical (unpaired) electrons. The molecule has 0 spiro atoms. The molecule has 0 bridgehead atoms. The molecule has 0 aromatic heterocycles. The van der Waals surface area contributed by atoms with Crippen molar-refractivity contribution in [1.82, 2.24) is 0 Å². The number of para-hydroxylation sites is 1. The summed E-state index contributed by atoms with van der Waals surface area (Å²) in [5.41, 5.74) is 7.95. The number of aromatic carboxylic acids is 1. The Morgan fingerprint density at radius 2 is 1.74 bits per heavy atom. The number of nitrogens with two attached hydrogens (primary N) is 1. The Kier molecular flexibility index (Phi) is 5.23. The maximum Gasteiger partial charge on any atom is 0.395 e. The van der Waals surface area contributed by atoms with Crippen LogP contribution >= 0.6 is 0 Å². The first kappa shape index (κ1) is 18.6. The Labute approximate surface area is 156 Å². The van der Waals surface area contributed by atoms with E-state index in [1.165, 1.54) is 18.2 Å². The standard InChI is InChI=1S/C20H20N2O5/c21-11-12-8-9-14-13(10-12)4-3-7-16(14)22(18(23)20(26)27)17-6-2-1-5-15(17)19(24)25/h1-7,12H,8-11,21H2,(H,24,25)(H,26,27). The van der Waals surface area contributed by atoms with E-state index >= 15 is 0 Å². The van der Waals surface area contributed by atoms with Crippen molar-refractivity contribution in [3.05, 3.63) is 59.2 Å². The lowest BCUT2D eigenvalue weighted by atomic mass is 9.83. The van der Waals surface area contributed by atoms with E-state index in [0.717, 1.165) is 28.9 Å². The number of nitrogens with zero attached hydrogens (tertiary/aromatic N) is 1. The fourth-order valence-corrected chi connectivity index (χ4v) is 3.57. The molecule has 4 N–H and O–H groups in total.